The number of amides is 1. The maximum atomic E-state index is 11.7. The maximum Gasteiger partial charge on any atom is 0.308 e. The van der Waals surface area contributed by atoms with Crippen molar-refractivity contribution in [3.63, 3.8) is 0 Å². The van der Waals surface area contributed by atoms with E-state index < -0.39 is 11.9 Å². The lowest BCUT2D eigenvalue weighted by molar-refractivity contribution is -0.141. The van der Waals surface area contributed by atoms with E-state index in [4.69, 9.17) is 5.11 Å². The van der Waals surface area contributed by atoms with Crippen LogP contribution >= 0.6 is 0 Å². The highest BCUT2D eigenvalue weighted by Crippen LogP contribution is 2.12. The zero-order valence-electron chi connectivity index (χ0n) is 11.5. The average Bonchev–Trinajstić information content (AvgIpc) is 2.37. The van der Waals surface area contributed by atoms with Gasteiger partial charge in [0.1, 0.15) is 5.82 Å². The summed E-state index contributed by atoms with van der Waals surface area (Å²) in [6.45, 7) is 3.41. The fourth-order valence-corrected chi connectivity index (χ4v) is 1.44. The first-order valence-corrected chi connectivity index (χ1v) is 6.00. The number of carbonyl (C=O) groups excluding carboxylic acids is 1. The third kappa shape index (κ3) is 3.94. The number of carbonyl (C=O) groups is 2. The summed E-state index contributed by atoms with van der Waals surface area (Å²) < 4.78 is 0. The molecule has 1 aromatic rings. The molecule has 0 saturated carbocycles. The number of aromatic nitrogens is 1. The van der Waals surface area contributed by atoms with E-state index in [9.17, 15) is 9.59 Å². The van der Waals surface area contributed by atoms with E-state index in [2.05, 4.69) is 10.3 Å². The van der Waals surface area contributed by atoms with Crippen molar-refractivity contribution < 1.29 is 14.7 Å². The van der Waals surface area contributed by atoms with Gasteiger partial charge in [-0.2, -0.15) is 0 Å². The summed E-state index contributed by atoms with van der Waals surface area (Å²) >= 11 is 0. The van der Waals surface area contributed by atoms with Crippen molar-refractivity contribution in [2.45, 2.75) is 19.9 Å². The first-order chi connectivity index (χ1) is 8.82. The zero-order chi connectivity index (χ0) is 14.6. The summed E-state index contributed by atoms with van der Waals surface area (Å²) in [5, 5.41) is 11.9. The van der Waals surface area contributed by atoms with Crippen LogP contribution in [0.15, 0.2) is 18.3 Å². The molecule has 0 radical (unpaired) electrons. The first kappa shape index (κ1) is 14.9. The van der Waals surface area contributed by atoms with Crippen LogP contribution in [0.5, 0.6) is 0 Å². The van der Waals surface area contributed by atoms with Gasteiger partial charge in [0.05, 0.1) is 11.5 Å². The highest BCUT2D eigenvalue weighted by atomic mass is 16.4. The van der Waals surface area contributed by atoms with Crippen LogP contribution in [0.4, 0.5) is 5.82 Å². The van der Waals surface area contributed by atoms with Crippen LogP contribution in [0.1, 0.15) is 24.2 Å². The van der Waals surface area contributed by atoms with Crippen LogP contribution in [0.25, 0.3) is 0 Å². The Bertz CT molecular complexity index is 457. The lowest BCUT2D eigenvalue weighted by Gasteiger charge is -2.18. The molecule has 0 saturated heterocycles. The maximum absolute atomic E-state index is 11.7. The molecule has 1 rings (SSSR count). The summed E-state index contributed by atoms with van der Waals surface area (Å²) in [7, 11) is 3.34. The van der Waals surface area contributed by atoms with E-state index in [1.54, 1.807) is 40.1 Å². The second-order valence-electron chi connectivity index (χ2n) is 4.69. The molecule has 0 aliphatic carbocycles. The second kappa shape index (κ2) is 6.17. The Morgan fingerprint density at radius 3 is 2.37 bits per heavy atom. The Morgan fingerprint density at radius 1 is 1.32 bits per heavy atom. The molecule has 0 fully saturated rings. The van der Waals surface area contributed by atoms with Crippen LogP contribution in [0.2, 0.25) is 0 Å². The number of anilines is 1. The van der Waals surface area contributed by atoms with Crippen molar-refractivity contribution in [2.75, 3.05) is 19.4 Å². The predicted octanol–water partition coefficient (Wildman–Crippen LogP) is 1.30. The molecule has 0 aliphatic heterocycles. The van der Waals surface area contributed by atoms with Gasteiger partial charge in [-0.05, 0) is 26.0 Å². The van der Waals surface area contributed by atoms with Crippen LogP contribution in [-0.2, 0) is 4.79 Å². The van der Waals surface area contributed by atoms with Crippen LogP contribution in [0.3, 0.4) is 0 Å². The number of nitrogens with one attached hydrogen (secondary N) is 1. The molecule has 6 nitrogen and oxygen atoms in total. The van der Waals surface area contributed by atoms with Gasteiger partial charge in [0, 0.05) is 26.3 Å². The van der Waals surface area contributed by atoms with Gasteiger partial charge in [-0.1, -0.05) is 0 Å². The minimum atomic E-state index is -0.862. The summed E-state index contributed by atoms with van der Waals surface area (Å²) in [5.74, 6) is -0.953. The standard InChI is InChI=1S/C13H19N3O3/c1-8(13(18)19)9(2)15-11-6-5-10(7-14-11)12(17)16(3)4/h5-9H,1-4H3,(H,14,15)(H,18,19). The number of hydrogen-bond donors (Lipinski definition) is 2. The lowest BCUT2D eigenvalue weighted by Crippen LogP contribution is -2.30. The molecule has 0 aliphatic rings. The molecular formula is C13H19N3O3. The Hall–Kier alpha value is -2.11. The number of nitrogens with zero attached hydrogens (tertiary/aromatic N) is 2. The zero-order valence-corrected chi connectivity index (χ0v) is 11.5. The van der Waals surface area contributed by atoms with Gasteiger partial charge in [0.2, 0.25) is 0 Å². The van der Waals surface area contributed by atoms with E-state index >= 15 is 0 Å². The second-order valence-corrected chi connectivity index (χ2v) is 4.69. The Labute approximate surface area is 112 Å². The van der Waals surface area contributed by atoms with Gasteiger partial charge in [0.15, 0.2) is 0 Å². The van der Waals surface area contributed by atoms with Crippen LogP contribution in [-0.4, -0.2) is 47.0 Å². The van der Waals surface area contributed by atoms with Gasteiger partial charge in [-0.25, -0.2) is 4.98 Å². The molecule has 104 valence electrons. The van der Waals surface area contributed by atoms with E-state index in [0.717, 1.165) is 0 Å². The molecule has 0 bridgehead atoms. The molecule has 1 heterocycles. The first-order valence-electron chi connectivity index (χ1n) is 6.00. The molecule has 0 aromatic carbocycles. The highest BCUT2D eigenvalue weighted by Gasteiger charge is 2.19. The third-order valence-corrected chi connectivity index (χ3v) is 2.93. The minimum Gasteiger partial charge on any atom is -0.481 e. The van der Waals surface area contributed by atoms with Crippen molar-refractivity contribution in [3.05, 3.63) is 23.9 Å². The van der Waals surface area contributed by atoms with E-state index in [-0.39, 0.29) is 11.9 Å². The van der Waals surface area contributed by atoms with Crippen LogP contribution in [0, 0.1) is 5.92 Å². The Kier molecular flexibility index (Phi) is 4.86. The molecule has 19 heavy (non-hydrogen) atoms. The van der Waals surface area contributed by atoms with Crippen molar-refractivity contribution in [2.24, 2.45) is 5.92 Å². The summed E-state index contributed by atoms with van der Waals surface area (Å²) in [6.07, 6.45) is 1.48. The van der Waals surface area contributed by atoms with E-state index in [0.29, 0.717) is 11.4 Å². The van der Waals surface area contributed by atoms with Crippen molar-refractivity contribution in [1.29, 1.82) is 0 Å². The monoisotopic (exact) mass is 265 g/mol. The molecule has 2 unspecified atom stereocenters. The number of pyridine rings is 1. The number of carboxylic acids is 1. The quantitative estimate of drug-likeness (QED) is 0.838. The van der Waals surface area contributed by atoms with Gasteiger partial charge >= 0.3 is 5.97 Å². The predicted molar refractivity (Wildman–Crippen MR) is 72.1 cm³/mol. The van der Waals surface area contributed by atoms with E-state index in [1.807, 2.05) is 0 Å². The fourth-order valence-electron chi connectivity index (χ4n) is 1.44. The molecule has 2 N–H and O–H groups in total. The molecule has 1 aromatic heterocycles. The Morgan fingerprint density at radius 2 is 1.95 bits per heavy atom. The molecule has 2 atom stereocenters. The lowest BCUT2D eigenvalue weighted by atomic mass is 10.0. The average molecular weight is 265 g/mol. The molecule has 1 amide bonds. The topological polar surface area (TPSA) is 82.5 Å². The number of rotatable bonds is 5. The third-order valence-electron chi connectivity index (χ3n) is 2.93. The van der Waals surface area contributed by atoms with Gasteiger partial charge in [-0.3, -0.25) is 9.59 Å². The number of carboxylic acid groups (broad SMARTS) is 1. The largest absolute Gasteiger partial charge is 0.481 e. The smallest absolute Gasteiger partial charge is 0.308 e. The van der Waals surface area contributed by atoms with Gasteiger partial charge in [0.25, 0.3) is 5.91 Å². The summed E-state index contributed by atoms with van der Waals surface area (Å²) in [4.78, 5) is 28.1. The summed E-state index contributed by atoms with van der Waals surface area (Å²) in [6, 6.07) is 3.08. The summed E-state index contributed by atoms with van der Waals surface area (Å²) in [5.41, 5.74) is 0.495. The highest BCUT2D eigenvalue weighted by molar-refractivity contribution is 5.93. The molecular weight excluding hydrogens is 246 g/mol. The normalized spacial score (nSPS) is 13.5. The minimum absolute atomic E-state index is 0.119. The fraction of sp³-hybridized carbons (Fsp3) is 0.462. The number of hydrogen-bond acceptors (Lipinski definition) is 4. The van der Waals surface area contributed by atoms with Crippen molar-refractivity contribution >= 4 is 17.7 Å². The molecule has 0 spiro atoms. The van der Waals surface area contributed by atoms with Crippen molar-refractivity contribution in [3.8, 4) is 0 Å². The van der Waals surface area contributed by atoms with Gasteiger partial charge in [-0.15, -0.1) is 0 Å². The van der Waals surface area contributed by atoms with Gasteiger partial charge < -0.3 is 15.3 Å². The Balaban J connectivity index is 2.72. The van der Waals surface area contributed by atoms with E-state index in [1.165, 1.54) is 11.1 Å². The van der Waals surface area contributed by atoms with Crippen molar-refractivity contribution in [1.82, 2.24) is 9.88 Å². The van der Waals surface area contributed by atoms with Crippen LogP contribution < -0.4 is 5.32 Å². The molecule has 6 heteroatoms. The SMILES string of the molecule is CC(Nc1ccc(C(=O)N(C)C)cn1)C(C)C(=O)O. The number of aliphatic carboxylic acids is 1.